The van der Waals surface area contributed by atoms with E-state index in [1.807, 2.05) is 0 Å². The van der Waals surface area contributed by atoms with Gasteiger partial charge in [0.25, 0.3) is 0 Å². The first-order valence-corrected chi connectivity index (χ1v) is 4.96. The summed E-state index contributed by atoms with van der Waals surface area (Å²) in [7, 11) is 0. The average Bonchev–Trinajstić information content (AvgIpc) is 2.47. The maximum Gasteiger partial charge on any atom is 0.327 e. The zero-order valence-corrected chi connectivity index (χ0v) is 11.4. The third-order valence-corrected chi connectivity index (χ3v) is 0.932. The number of rotatable bonds is 4. The van der Waals surface area contributed by atoms with Crippen molar-refractivity contribution in [2.45, 2.75) is 0 Å². The molecule has 126 valence electrons. The molecular formula is C12H18O10. The van der Waals surface area contributed by atoms with Crippen LogP contribution in [0.25, 0.3) is 0 Å². The van der Waals surface area contributed by atoms with Crippen LogP contribution in [0.15, 0.2) is 49.7 Å². The minimum atomic E-state index is -1.23. The molecule has 0 aliphatic heterocycles. The molecule has 0 saturated heterocycles. The van der Waals surface area contributed by atoms with Crippen molar-refractivity contribution >= 4 is 17.9 Å². The van der Waals surface area contributed by atoms with Crippen LogP contribution < -0.4 is 0 Å². The zero-order valence-electron chi connectivity index (χ0n) is 11.4. The first-order chi connectivity index (χ1) is 9.99. The molecule has 0 radical (unpaired) electrons. The molecular weight excluding hydrogens is 304 g/mol. The van der Waals surface area contributed by atoms with Gasteiger partial charge in [-0.1, -0.05) is 19.7 Å². The number of aliphatic carboxylic acids is 3. The van der Waals surface area contributed by atoms with Gasteiger partial charge in [-0.3, -0.25) is 0 Å². The van der Waals surface area contributed by atoms with Gasteiger partial charge in [0, 0.05) is 18.2 Å². The molecule has 0 aromatic carbocycles. The fourth-order valence-electron chi connectivity index (χ4n) is 0.0707. The second kappa shape index (κ2) is 20.1. The van der Waals surface area contributed by atoms with Gasteiger partial charge in [-0.25, -0.2) is 14.4 Å². The fourth-order valence-corrected chi connectivity index (χ4v) is 0.0707. The average molecular weight is 322 g/mol. The summed E-state index contributed by atoms with van der Waals surface area (Å²) in [5, 5.41) is 54.4. The second-order valence-corrected chi connectivity index (χ2v) is 2.56. The van der Waals surface area contributed by atoms with E-state index in [4.69, 9.17) is 35.7 Å². The molecule has 0 aliphatic rings. The van der Waals surface area contributed by atoms with Gasteiger partial charge in [0.05, 0.1) is 0 Å². The number of carboxylic acid groups (broad SMARTS) is 3. The molecule has 0 heterocycles. The minimum absolute atomic E-state index is 0.748. The van der Waals surface area contributed by atoms with Crippen LogP contribution in [0, 0.1) is 0 Å². The van der Waals surface area contributed by atoms with Crippen molar-refractivity contribution in [1.29, 1.82) is 0 Å². The predicted octanol–water partition coefficient (Wildman–Crippen LogP) is 0.593. The molecule has 0 aliphatic carbocycles. The van der Waals surface area contributed by atoms with Crippen LogP contribution in [0.4, 0.5) is 0 Å². The van der Waals surface area contributed by atoms with E-state index in [9.17, 15) is 14.4 Å². The van der Waals surface area contributed by atoms with Crippen molar-refractivity contribution in [2.24, 2.45) is 0 Å². The summed E-state index contributed by atoms with van der Waals surface area (Å²) in [5.74, 6) is -5.00. The van der Waals surface area contributed by atoms with Crippen LogP contribution in [-0.2, 0) is 14.4 Å². The highest BCUT2D eigenvalue weighted by molar-refractivity contribution is 5.79. The molecule has 0 unspecified atom stereocenters. The Balaban J connectivity index is -0.0000000995. The van der Waals surface area contributed by atoms with Crippen molar-refractivity contribution in [1.82, 2.24) is 0 Å². The Morgan fingerprint density at radius 1 is 0.682 bits per heavy atom. The number of carboxylic acids is 3. The van der Waals surface area contributed by atoms with E-state index in [2.05, 4.69) is 19.7 Å². The van der Waals surface area contributed by atoms with Crippen LogP contribution in [-0.4, -0.2) is 60.3 Å². The molecule has 10 nitrogen and oxygen atoms in total. The number of hydrogen-bond donors (Lipinski definition) is 7. The summed E-state index contributed by atoms with van der Waals surface area (Å²) in [6, 6.07) is 0. The summed E-state index contributed by atoms with van der Waals surface area (Å²) >= 11 is 0. The summed E-state index contributed by atoms with van der Waals surface area (Å²) in [6.07, 6.45) is 2.50. The molecule has 10 heteroatoms. The van der Waals surface area contributed by atoms with Crippen molar-refractivity contribution in [3.63, 3.8) is 0 Å². The zero-order chi connectivity index (χ0) is 18.7. The van der Waals surface area contributed by atoms with E-state index in [1.54, 1.807) is 0 Å². The lowest BCUT2D eigenvalue weighted by Gasteiger charge is -1.89. The van der Waals surface area contributed by atoms with E-state index >= 15 is 0 Å². The summed E-state index contributed by atoms with van der Waals surface area (Å²) in [6.45, 7) is 8.13. The van der Waals surface area contributed by atoms with Gasteiger partial charge in [-0.05, 0) is 0 Å². The maximum atomic E-state index is 9.25. The number of carbonyl (C=O) groups is 3. The Bertz CT molecular complexity index is 361. The Hall–Kier alpha value is -3.27. The molecule has 0 amide bonds. The smallest absolute Gasteiger partial charge is 0.327 e. The molecule has 7 N–H and O–H groups in total. The molecule has 22 heavy (non-hydrogen) atoms. The van der Waals surface area contributed by atoms with Gasteiger partial charge in [-0.15, -0.1) is 0 Å². The quantitative estimate of drug-likeness (QED) is 0.284. The Labute approximate surface area is 125 Å². The van der Waals surface area contributed by atoms with Crippen LogP contribution in [0.5, 0.6) is 0 Å². The number of aliphatic hydroxyl groups excluding tert-OH is 3. The van der Waals surface area contributed by atoms with Crippen LogP contribution >= 0.6 is 0 Å². The lowest BCUT2D eigenvalue weighted by molar-refractivity contribution is -0.132. The van der Waals surface area contributed by atoms with Gasteiger partial charge in [0.2, 0.25) is 0 Å². The van der Waals surface area contributed by atoms with Crippen LogP contribution in [0.2, 0.25) is 0 Å². The Kier molecular flexibility index (Phi) is 24.7. The summed E-state index contributed by atoms with van der Waals surface area (Å²) in [5.41, 5.74) is 0. The Morgan fingerprint density at radius 3 is 0.864 bits per heavy atom. The lowest BCUT2D eigenvalue weighted by atomic mass is 10.6. The van der Waals surface area contributed by atoms with Gasteiger partial charge in [0.1, 0.15) is 6.61 Å². The van der Waals surface area contributed by atoms with E-state index in [0.717, 1.165) is 18.2 Å². The van der Waals surface area contributed by atoms with E-state index in [1.165, 1.54) is 0 Å². The fraction of sp³-hybridized carbons (Fsp3) is 0.0833. The van der Waals surface area contributed by atoms with Crippen LogP contribution in [0.1, 0.15) is 0 Å². The van der Waals surface area contributed by atoms with Gasteiger partial charge >= 0.3 is 23.9 Å². The minimum Gasteiger partial charge on any atom is -0.504 e. The molecule has 0 saturated carbocycles. The summed E-state index contributed by atoms with van der Waals surface area (Å²) < 4.78 is 0. The highest BCUT2D eigenvalue weighted by atomic mass is 16.5. The van der Waals surface area contributed by atoms with Crippen molar-refractivity contribution in [3.8, 4) is 0 Å². The van der Waals surface area contributed by atoms with E-state index < -0.39 is 36.2 Å². The molecule has 0 aromatic rings. The largest absolute Gasteiger partial charge is 0.504 e. The monoisotopic (exact) mass is 322 g/mol. The van der Waals surface area contributed by atoms with Gasteiger partial charge in [-0.2, -0.15) is 0 Å². The first kappa shape index (κ1) is 27.1. The number of hydrogen-bond acceptors (Lipinski definition) is 7. The SMILES string of the molecule is C=CC(=O)O.C=CC(=O)O.C=CC(=O)O.OCC(O)=C(O)O. The molecule has 0 bridgehead atoms. The highest BCUT2D eigenvalue weighted by Crippen LogP contribution is 1.87. The first-order valence-electron chi connectivity index (χ1n) is 4.96. The lowest BCUT2D eigenvalue weighted by Crippen LogP contribution is -1.93. The van der Waals surface area contributed by atoms with Gasteiger partial charge < -0.3 is 35.7 Å². The maximum absolute atomic E-state index is 9.25. The Morgan fingerprint density at radius 2 is 0.864 bits per heavy atom. The van der Waals surface area contributed by atoms with Crippen LogP contribution in [0.3, 0.4) is 0 Å². The van der Waals surface area contributed by atoms with Crippen molar-refractivity contribution < 1.29 is 50.1 Å². The second-order valence-electron chi connectivity index (χ2n) is 2.56. The molecule has 0 rings (SSSR count). The highest BCUT2D eigenvalue weighted by Gasteiger charge is 1.95. The van der Waals surface area contributed by atoms with Crippen molar-refractivity contribution in [3.05, 3.63) is 49.7 Å². The number of aliphatic hydroxyl groups is 4. The van der Waals surface area contributed by atoms with E-state index in [0.29, 0.717) is 0 Å². The van der Waals surface area contributed by atoms with E-state index in [-0.39, 0.29) is 0 Å². The predicted molar refractivity (Wildman–Crippen MR) is 75.5 cm³/mol. The molecule has 0 fully saturated rings. The van der Waals surface area contributed by atoms with Crippen molar-refractivity contribution in [2.75, 3.05) is 6.61 Å². The third-order valence-electron chi connectivity index (χ3n) is 0.932. The molecule has 0 atom stereocenters. The normalized spacial score (nSPS) is 6.95. The third kappa shape index (κ3) is 54.3. The summed E-state index contributed by atoms with van der Waals surface area (Å²) in [4.78, 5) is 27.8. The molecule has 0 aromatic heterocycles. The molecule has 0 spiro atoms. The standard InChI is InChI=1S/C3H6O4.3C3H4O2/c4-1-2(5)3(6)7;3*1-2-3(4)5/h4-7H,1H2;3*2H,1H2,(H,4,5). The topological polar surface area (TPSA) is 193 Å². The van der Waals surface area contributed by atoms with Gasteiger partial charge in [0.15, 0.2) is 5.76 Å².